The molecule has 0 fully saturated rings. The zero-order valence-electron chi connectivity index (χ0n) is 8.50. The minimum atomic E-state index is -0.309. The van der Waals surface area contributed by atoms with Gasteiger partial charge < -0.3 is 0 Å². The molecule has 1 rings (SSSR count). The predicted molar refractivity (Wildman–Crippen MR) is 66.1 cm³/mol. The molecule has 0 aliphatic heterocycles. The molecule has 0 N–H and O–H groups in total. The summed E-state index contributed by atoms with van der Waals surface area (Å²) in [5, 5.41) is 0. The summed E-state index contributed by atoms with van der Waals surface area (Å²) in [4.78, 5) is 19.6. The van der Waals surface area contributed by atoms with Gasteiger partial charge in [0, 0.05) is 0 Å². The third kappa shape index (κ3) is 1.56. The van der Waals surface area contributed by atoms with Gasteiger partial charge in [0.1, 0.15) is 18.1 Å². The fraction of sp³-hybridized carbons (Fsp3) is 0.300. The van der Waals surface area contributed by atoms with Crippen molar-refractivity contribution in [2.75, 3.05) is 0 Å². The Bertz CT molecular complexity index is 325. The third-order valence-corrected chi connectivity index (χ3v) is 2.41. The molecule has 1 aliphatic rings. The van der Waals surface area contributed by atoms with Crippen LogP contribution in [-0.2, 0) is 0 Å². The number of hydrogen-bond acceptors (Lipinski definition) is 5. The Kier molecular flexibility index (Phi) is 3.38. The molecule has 15 heavy (non-hydrogen) atoms. The summed E-state index contributed by atoms with van der Waals surface area (Å²) in [5.74, 6) is 0. The Labute approximate surface area is 88.8 Å². The Balaban J connectivity index is 3.30. The van der Waals surface area contributed by atoms with Gasteiger partial charge in [0.15, 0.2) is 0 Å². The van der Waals surface area contributed by atoms with Crippen LogP contribution in [0.3, 0.4) is 0 Å². The Morgan fingerprint density at radius 1 is 0.667 bits per heavy atom. The summed E-state index contributed by atoms with van der Waals surface area (Å²) in [6.07, 6.45) is 0. The molecule has 5 nitrogen and oxygen atoms in total. The van der Waals surface area contributed by atoms with E-state index in [-0.39, 0.29) is 18.1 Å². The molecule has 78 valence electrons. The number of rotatable bonds is 5. The largest absolute Gasteiger partial charge is 0.292 e. The van der Waals surface area contributed by atoms with Gasteiger partial charge in [-0.05, 0) is 33.6 Å². The second-order valence-corrected chi connectivity index (χ2v) is 3.01. The fourth-order valence-electron chi connectivity index (χ4n) is 1.74. The molecule has 1 aliphatic carbocycles. The van der Waals surface area contributed by atoms with Crippen molar-refractivity contribution >= 4 is 33.6 Å². The van der Waals surface area contributed by atoms with Gasteiger partial charge in [-0.1, -0.05) is 0 Å². The molecule has 0 aromatic heterocycles. The summed E-state index contributed by atoms with van der Waals surface area (Å²) < 4.78 is 0. The molecule has 0 amide bonds. The van der Waals surface area contributed by atoms with E-state index in [2.05, 4.69) is 58.5 Å². The number of aliphatic imine (C=N–C) groups is 5. The highest BCUT2D eigenvalue weighted by molar-refractivity contribution is 5.48. The summed E-state index contributed by atoms with van der Waals surface area (Å²) >= 11 is 0. The van der Waals surface area contributed by atoms with Gasteiger partial charge in [-0.15, -0.1) is 0 Å². The maximum atomic E-state index is 3.95. The van der Waals surface area contributed by atoms with Crippen LogP contribution in [0, 0.1) is 0 Å². The predicted octanol–water partition coefficient (Wildman–Crippen LogP) is 0.820. The van der Waals surface area contributed by atoms with E-state index in [4.69, 9.17) is 0 Å². The summed E-state index contributed by atoms with van der Waals surface area (Å²) in [5.41, 5.74) is 1.21. The minimum absolute atomic E-state index is 0.263. The smallest absolute Gasteiger partial charge is 0.118 e. The molecule has 0 spiro atoms. The molecule has 0 saturated carbocycles. The molecule has 0 saturated heterocycles. The van der Waals surface area contributed by atoms with E-state index in [1.54, 1.807) is 0 Å². The van der Waals surface area contributed by atoms with Crippen molar-refractivity contribution < 1.29 is 0 Å². The van der Waals surface area contributed by atoms with Gasteiger partial charge in [-0.3, -0.25) is 25.0 Å². The highest BCUT2D eigenvalue weighted by atomic mass is 15.1. The van der Waals surface area contributed by atoms with Crippen LogP contribution in [0.2, 0.25) is 0 Å². The Morgan fingerprint density at radius 3 is 1.27 bits per heavy atom. The van der Waals surface area contributed by atoms with Crippen molar-refractivity contribution in [3.63, 3.8) is 0 Å². The first-order chi connectivity index (χ1) is 7.24. The van der Waals surface area contributed by atoms with E-state index >= 15 is 0 Å². The second kappa shape index (κ2) is 4.54. The first kappa shape index (κ1) is 11.2. The normalized spacial score (nSPS) is 29.7. The highest BCUT2D eigenvalue weighted by Gasteiger charge is 2.41. The van der Waals surface area contributed by atoms with E-state index in [1.807, 2.05) is 0 Å². The van der Waals surface area contributed by atoms with E-state index in [0.29, 0.717) is 11.4 Å². The molecular formula is C10H13N5. The lowest BCUT2D eigenvalue weighted by molar-refractivity contribution is 0.573. The standard InChI is InChI=1S/C10H13N5/c1-11-6-7(12-2)9(14-4)10(15-5)8(6)13-3/h6-8H,1-5H2. The van der Waals surface area contributed by atoms with Gasteiger partial charge in [-0.25, -0.2) is 0 Å². The topological polar surface area (TPSA) is 61.8 Å². The van der Waals surface area contributed by atoms with Gasteiger partial charge in [-0.2, -0.15) is 0 Å². The maximum absolute atomic E-state index is 3.95. The first-order valence-electron chi connectivity index (χ1n) is 4.30. The summed E-state index contributed by atoms with van der Waals surface area (Å²) in [6, 6.07) is -0.881. The molecular weight excluding hydrogens is 190 g/mol. The van der Waals surface area contributed by atoms with Gasteiger partial charge in [0.2, 0.25) is 0 Å². The zero-order valence-corrected chi connectivity index (χ0v) is 8.50. The van der Waals surface area contributed by atoms with Gasteiger partial charge in [0.25, 0.3) is 0 Å². The number of nitrogens with zero attached hydrogens (tertiary/aromatic N) is 5. The van der Waals surface area contributed by atoms with Gasteiger partial charge >= 0.3 is 0 Å². The molecule has 5 heteroatoms. The second-order valence-electron chi connectivity index (χ2n) is 3.01. The SMILES string of the molecule is C=NC1=C(N=C)C(N=C)C(N=C)C1N=C. The van der Waals surface area contributed by atoms with Crippen molar-refractivity contribution in [2.24, 2.45) is 25.0 Å². The molecule has 2 atom stereocenters. The average molecular weight is 203 g/mol. The minimum Gasteiger partial charge on any atom is -0.292 e. The van der Waals surface area contributed by atoms with Gasteiger partial charge in [0.05, 0.1) is 11.4 Å². The lowest BCUT2D eigenvalue weighted by atomic mass is 10.1. The van der Waals surface area contributed by atoms with E-state index in [9.17, 15) is 0 Å². The molecule has 0 aromatic carbocycles. The van der Waals surface area contributed by atoms with Crippen molar-refractivity contribution in [2.45, 2.75) is 18.1 Å². The van der Waals surface area contributed by atoms with Crippen LogP contribution in [0.5, 0.6) is 0 Å². The molecule has 0 radical (unpaired) electrons. The molecule has 0 aromatic rings. The van der Waals surface area contributed by atoms with Crippen LogP contribution in [-0.4, -0.2) is 51.7 Å². The Morgan fingerprint density at radius 2 is 1.07 bits per heavy atom. The quantitative estimate of drug-likeness (QED) is 0.594. The fourth-order valence-corrected chi connectivity index (χ4v) is 1.74. The van der Waals surface area contributed by atoms with E-state index in [1.165, 1.54) is 0 Å². The summed E-state index contributed by atoms with van der Waals surface area (Å²) in [7, 11) is 0. The van der Waals surface area contributed by atoms with Crippen LogP contribution in [0.25, 0.3) is 0 Å². The van der Waals surface area contributed by atoms with Crippen LogP contribution in [0.1, 0.15) is 0 Å². The highest BCUT2D eigenvalue weighted by Crippen LogP contribution is 2.34. The molecule has 2 unspecified atom stereocenters. The molecule has 0 bridgehead atoms. The van der Waals surface area contributed by atoms with E-state index in [0.717, 1.165) is 0 Å². The summed E-state index contributed by atoms with van der Waals surface area (Å²) in [6.45, 7) is 17.4. The van der Waals surface area contributed by atoms with Crippen LogP contribution < -0.4 is 0 Å². The van der Waals surface area contributed by atoms with Crippen LogP contribution >= 0.6 is 0 Å². The zero-order chi connectivity index (χ0) is 11.4. The van der Waals surface area contributed by atoms with E-state index < -0.39 is 0 Å². The maximum Gasteiger partial charge on any atom is 0.118 e. The monoisotopic (exact) mass is 203 g/mol. The van der Waals surface area contributed by atoms with Crippen LogP contribution in [0.15, 0.2) is 36.4 Å². The molecule has 0 heterocycles. The van der Waals surface area contributed by atoms with Crippen molar-refractivity contribution in [1.29, 1.82) is 0 Å². The van der Waals surface area contributed by atoms with Crippen molar-refractivity contribution in [1.82, 2.24) is 0 Å². The van der Waals surface area contributed by atoms with Crippen molar-refractivity contribution in [3.05, 3.63) is 11.4 Å². The third-order valence-electron chi connectivity index (χ3n) is 2.41. The van der Waals surface area contributed by atoms with Crippen LogP contribution in [0.4, 0.5) is 0 Å². The lowest BCUT2D eigenvalue weighted by Gasteiger charge is -2.15. The first-order valence-corrected chi connectivity index (χ1v) is 4.30. The van der Waals surface area contributed by atoms with Crippen molar-refractivity contribution in [3.8, 4) is 0 Å². The average Bonchev–Trinajstić information content (AvgIpc) is 2.59. The number of hydrogen-bond donors (Lipinski definition) is 0. The Hall–Kier alpha value is -1.91. The lowest BCUT2D eigenvalue weighted by Crippen LogP contribution is -2.27.